The molecule has 0 bridgehead atoms. The number of nitrogens with one attached hydrogen (secondary N) is 1. The van der Waals surface area contributed by atoms with Gasteiger partial charge >= 0.3 is 0 Å². The predicted octanol–water partition coefficient (Wildman–Crippen LogP) is 1.41. The van der Waals surface area contributed by atoms with Crippen molar-refractivity contribution >= 4 is 21.6 Å². The molecule has 1 aromatic carbocycles. The molecule has 2 aromatic rings. The Morgan fingerprint density at radius 3 is 2.67 bits per heavy atom. The highest BCUT2D eigenvalue weighted by atomic mass is 35.5. The molecule has 8 heteroatoms. The monoisotopic (exact) mass is 327 g/mol. The van der Waals surface area contributed by atoms with Crippen LogP contribution in [-0.4, -0.2) is 23.5 Å². The highest BCUT2D eigenvalue weighted by molar-refractivity contribution is 7.89. The normalized spacial score (nSPS) is 11.6. The Labute approximate surface area is 127 Å². The SMILES string of the molecule is Cc1cnc(CNS(=O)(=O)c2cc(CO)ccc2Cl)cn1. The zero-order valence-corrected chi connectivity index (χ0v) is 12.8. The second-order valence-electron chi connectivity index (χ2n) is 4.40. The van der Waals surface area contributed by atoms with E-state index in [1.165, 1.54) is 18.3 Å². The summed E-state index contributed by atoms with van der Waals surface area (Å²) in [7, 11) is -3.79. The number of halogens is 1. The van der Waals surface area contributed by atoms with E-state index >= 15 is 0 Å². The molecule has 21 heavy (non-hydrogen) atoms. The third-order valence-corrected chi connectivity index (χ3v) is 4.63. The van der Waals surface area contributed by atoms with Gasteiger partial charge in [-0.2, -0.15) is 0 Å². The maximum Gasteiger partial charge on any atom is 0.242 e. The lowest BCUT2D eigenvalue weighted by Crippen LogP contribution is -2.24. The lowest BCUT2D eigenvalue weighted by Gasteiger charge is -2.09. The summed E-state index contributed by atoms with van der Waals surface area (Å²) in [6.45, 7) is 1.54. The summed E-state index contributed by atoms with van der Waals surface area (Å²) < 4.78 is 26.9. The highest BCUT2D eigenvalue weighted by Gasteiger charge is 2.18. The number of nitrogens with zero attached hydrogens (tertiary/aromatic N) is 2. The maximum absolute atomic E-state index is 12.2. The van der Waals surface area contributed by atoms with E-state index in [9.17, 15) is 8.42 Å². The Balaban J connectivity index is 2.20. The molecule has 0 unspecified atom stereocenters. The molecular weight excluding hydrogens is 314 g/mol. The van der Waals surface area contributed by atoms with Crippen molar-refractivity contribution in [1.82, 2.24) is 14.7 Å². The second kappa shape index (κ2) is 6.48. The molecule has 1 aromatic heterocycles. The van der Waals surface area contributed by atoms with Gasteiger partial charge in [0.25, 0.3) is 0 Å². The van der Waals surface area contributed by atoms with Crippen LogP contribution >= 0.6 is 11.6 Å². The third-order valence-electron chi connectivity index (χ3n) is 2.75. The zero-order chi connectivity index (χ0) is 15.5. The van der Waals surface area contributed by atoms with Crippen molar-refractivity contribution in [3.8, 4) is 0 Å². The van der Waals surface area contributed by atoms with Gasteiger partial charge in [0.15, 0.2) is 0 Å². The van der Waals surface area contributed by atoms with Crippen LogP contribution in [0.4, 0.5) is 0 Å². The van der Waals surface area contributed by atoms with Crippen LogP contribution in [-0.2, 0) is 23.2 Å². The van der Waals surface area contributed by atoms with Gasteiger partial charge in [0.05, 0.1) is 35.8 Å². The van der Waals surface area contributed by atoms with Crippen LogP contribution in [0, 0.1) is 6.92 Å². The molecule has 2 rings (SSSR count). The van der Waals surface area contributed by atoms with Crippen molar-refractivity contribution in [3.63, 3.8) is 0 Å². The van der Waals surface area contributed by atoms with Crippen molar-refractivity contribution < 1.29 is 13.5 Å². The zero-order valence-electron chi connectivity index (χ0n) is 11.2. The molecule has 2 N–H and O–H groups in total. The summed E-state index contributed by atoms with van der Waals surface area (Å²) in [6, 6.07) is 4.34. The molecule has 6 nitrogen and oxygen atoms in total. The topological polar surface area (TPSA) is 92.2 Å². The van der Waals surface area contributed by atoms with E-state index in [-0.39, 0.29) is 23.1 Å². The van der Waals surface area contributed by atoms with E-state index in [0.29, 0.717) is 11.3 Å². The quantitative estimate of drug-likeness (QED) is 0.866. The number of benzene rings is 1. The molecule has 0 saturated heterocycles. The average molecular weight is 328 g/mol. The summed E-state index contributed by atoms with van der Waals surface area (Å²) in [6.07, 6.45) is 3.06. The van der Waals surface area contributed by atoms with Gasteiger partial charge in [-0.25, -0.2) is 13.1 Å². The molecule has 0 aliphatic carbocycles. The number of rotatable bonds is 5. The fourth-order valence-corrected chi connectivity index (χ4v) is 3.16. The Morgan fingerprint density at radius 2 is 2.05 bits per heavy atom. The van der Waals surface area contributed by atoms with Crippen LogP contribution in [0.1, 0.15) is 17.0 Å². The minimum absolute atomic E-state index is 0.00922. The molecule has 1 heterocycles. The van der Waals surface area contributed by atoms with Crippen molar-refractivity contribution in [2.75, 3.05) is 0 Å². The number of aliphatic hydroxyl groups excluding tert-OH is 1. The van der Waals surface area contributed by atoms with Gasteiger partial charge in [0.2, 0.25) is 10.0 Å². The van der Waals surface area contributed by atoms with E-state index in [1.54, 1.807) is 19.2 Å². The smallest absolute Gasteiger partial charge is 0.242 e. The predicted molar refractivity (Wildman–Crippen MR) is 78.2 cm³/mol. The fraction of sp³-hybridized carbons (Fsp3) is 0.231. The van der Waals surface area contributed by atoms with Crippen LogP contribution in [0.3, 0.4) is 0 Å². The third kappa shape index (κ3) is 3.98. The lowest BCUT2D eigenvalue weighted by atomic mass is 10.2. The minimum atomic E-state index is -3.79. The summed E-state index contributed by atoms with van der Waals surface area (Å²) in [5.74, 6) is 0. The number of hydrogen-bond donors (Lipinski definition) is 2. The number of aryl methyl sites for hydroxylation is 1. The summed E-state index contributed by atoms with van der Waals surface area (Å²) in [5, 5.41) is 9.17. The molecule has 112 valence electrons. The second-order valence-corrected chi connectivity index (χ2v) is 6.54. The first-order valence-electron chi connectivity index (χ1n) is 6.09. The summed E-state index contributed by atoms with van der Waals surface area (Å²) >= 11 is 5.91. The molecule has 0 radical (unpaired) electrons. The molecule has 0 amide bonds. The number of hydrogen-bond acceptors (Lipinski definition) is 5. The van der Waals surface area contributed by atoms with E-state index in [1.807, 2.05) is 0 Å². The van der Waals surface area contributed by atoms with Gasteiger partial charge < -0.3 is 5.11 Å². The summed E-state index contributed by atoms with van der Waals surface area (Å²) in [4.78, 5) is 8.04. The van der Waals surface area contributed by atoms with Crippen LogP contribution in [0.25, 0.3) is 0 Å². The molecule has 0 atom stereocenters. The van der Waals surface area contributed by atoms with Gasteiger partial charge in [0, 0.05) is 6.20 Å². The average Bonchev–Trinajstić information content (AvgIpc) is 2.47. The van der Waals surface area contributed by atoms with Crippen LogP contribution in [0.5, 0.6) is 0 Å². The lowest BCUT2D eigenvalue weighted by molar-refractivity contribution is 0.281. The maximum atomic E-state index is 12.2. The van der Waals surface area contributed by atoms with Gasteiger partial charge in [-0.3, -0.25) is 9.97 Å². The van der Waals surface area contributed by atoms with E-state index < -0.39 is 10.0 Å². The van der Waals surface area contributed by atoms with E-state index in [4.69, 9.17) is 16.7 Å². The van der Waals surface area contributed by atoms with Crippen molar-refractivity contribution in [1.29, 1.82) is 0 Å². The molecular formula is C13H14ClN3O3S. The molecule has 0 aliphatic rings. The first-order chi connectivity index (χ1) is 9.92. The minimum Gasteiger partial charge on any atom is -0.392 e. The van der Waals surface area contributed by atoms with Crippen LogP contribution in [0.2, 0.25) is 5.02 Å². The highest BCUT2D eigenvalue weighted by Crippen LogP contribution is 2.22. The Kier molecular flexibility index (Phi) is 4.89. The molecule has 0 saturated carbocycles. The Morgan fingerprint density at radius 1 is 1.29 bits per heavy atom. The van der Waals surface area contributed by atoms with E-state index in [2.05, 4.69) is 14.7 Å². The van der Waals surface area contributed by atoms with Gasteiger partial charge in [-0.15, -0.1) is 0 Å². The van der Waals surface area contributed by atoms with Crippen molar-refractivity contribution in [3.05, 3.63) is 52.6 Å². The number of sulfonamides is 1. The van der Waals surface area contributed by atoms with E-state index in [0.717, 1.165) is 5.69 Å². The van der Waals surface area contributed by atoms with Crippen molar-refractivity contribution in [2.24, 2.45) is 0 Å². The molecule has 0 fully saturated rings. The number of aromatic nitrogens is 2. The van der Waals surface area contributed by atoms with Crippen molar-refractivity contribution in [2.45, 2.75) is 25.0 Å². The molecule has 0 spiro atoms. The first-order valence-corrected chi connectivity index (χ1v) is 7.95. The largest absolute Gasteiger partial charge is 0.392 e. The van der Waals surface area contributed by atoms with Gasteiger partial charge in [-0.05, 0) is 24.6 Å². The number of aliphatic hydroxyl groups is 1. The van der Waals surface area contributed by atoms with Gasteiger partial charge in [-0.1, -0.05) is 17.7 Å². The molecule has 0 aliphatic heterocycles. The van der Waals surface area contributed by atoms with Crippen LogP contribution < -0.4 is 4.72 Å². The van der Waals surface area contributed by atoms with Crippen LogP contribution in [0.15, 0.2) is 35.5 Å². The Hall–Kier alpha value is -1.54. The van der Waals surface area contributed by atoms with Gasteiger partial charge in [0.1, 0.15) is 4.90 Å². The Bertz CT molecular complexity index is 733. The summed E-state index contributed by atoms with van der Waals surface area (Å²) in [5.41, 5.74) is 1.72. The first kappa shape index (κ1) is 15.8. The standard InChI is InChI=1S/C13H14ClN3O3S/c1-9-5-16-11(6-15-9)7-17-21(19,20)13-4-10(8-18)2-3-12(13)14/h2-6,17-18H,7-8H2,1H3. The fourth-order valence-electron chi connectivity index (χ4n) is 1.61.